The lowest BCUT2D eigenvalue weighted by Crippen LogP contribution is -2.37. The average molecular weight is 281 g/mol. The van der Waals surface area contributed by atoms with E-state index >= 15 is 0 Å². The number of carbonyl (C=O) groups excluding carboxylic acids is 2. The molecule has 1 aromatic carbocycles. The van der Waals surface area contributed by atoms with Crippen LogP contribution in [0.1, 0.15) is 5.56 Å². The maximum absolute atomic E-state index is 11.6. The number of ether oxygens (including phenoxy) is 1. The zero-order valence-electron chi connectivity index (χ0n) is 11.3. The van der Waals surface area contributed by atoms with Gasteiger partial charge in [0.2, 0.25) is 0 Å². The number of aryl methyl sites for hydroxylation is 1. The zero-order chi connectivity index (χ0) is 15.0. The first-order chi connectivity index (χ1) is 9.54. The van der Waals surface area contributed by atoms with Crippen molar-refractivity contribution in [2.45, 2.75) is 6.92 Å². The van der Waals surface area contributed by atoms with Crippen LogP contribution in [0.4, 0.5) is 11.4 Å². The second-order valence-corrected chi connectivity index (χ2v) is 4.14. The van der Waals surface area contributed by atoms with Gasteiger partial charge in [0, 0.05) is 6.54 Å². The quantitative estimate of drug-likeness (QED) is 0.323. The Morgan fingerprint density at radius 2 is 2.05 bits per heavy atom. The van der Waals surface area contributed by atoms with Crippen molar-refractivity contribution >= 4 is 23.2 Å². The minimum Gasteiger partial charge on any atom is -0.397 e. The molecule has 0 aliphatic rings. The molecule has 1 aromatic rings. The van der Waals surface area contributed by atoms with Gasteiger partial charge < -0.3 is 26.2 Å². The third-order valence-corrected chi connectivity index (χ3v) is 2.43. The average Bonchev–Trinajstić information content (AvgIpc) is 2.41. The molecule has 1 rings (SSSR count). The predicted octanol–water partition coefficient (Wildman–Crippen LogP) is -0.359. The number of nitrogen functional groups attached to an aromatic ring is 1. The van der Waals surface area contributed by atoms with Crippen LogP contribution in [0, 0.1) is 6.92 Å². The number of nitrogens with two attached hydrogens (primary N) is 1. The summed E-state index contributed by atoms with van der Waals surface area (Å²) in [5, 5.41) is 13.3. The molecule has 0 atom stereocenters. The monoisotopic (exact) mass is 281 g/mol. The van der Waals surface area contributed by atoms with Crippen molar-refractivity contribution in [3.05, 3.63) is 23.8 Å². The summed E-state index contributed by atoms with van der Waals surface area (Å²) < 4.78 is 4.95. The second kappa shape index (κ2) is 8.13. The number of rotatable bonds is 6. The SMILES string of the molecule is Cc1ccc(NC(=O)C(=O)NCCOCCO)c(N)c1. The molecule has 0 unspecified atom stereocenters. The van der Waals surface area contributed by atoms with Gasteiger partial charge in [-0.2, -0.15) is 0 Å². The highest BCUT2D eigenvalue weighted by Gasteiger charge is 2.14. The van der Waals surface area contributed by atoms with Gasteiger partial charge in [0.15, 0.2) is 0 Å². The molecule has 0 bridgehead atoms. The Morgan fingerprint density at radius 3 is 2.70 bits per heavy atom. The Balaban J connectivity index is 2.39. The summed E-state index contributed by atoms with van der Waals surface area (Å²) in [6.07, 6.45) is 0. The molecule has 2 amide bonds. The fraction of sp³-hybridized carbons (Fsp3) is 0.385. The van der Waals surface area contributed by atoms with Gasteiger partial charge in [-0.1, -0.05) is 6.07 Å². The van der Waals surface area contributed by atoms with Crippen LogP contribution in [0.3, 0.4) is 0 Å². The number of nitrogens with one attached hydrogen (secondary N) is 2. The smallest absolute Gasteiger partial charge is 0.313 e. The number of hydrogen-bond donors (Lipinski definition) is 4. The van der Waals surface area contributed by atoms with Gasteiger partial charge in [0.1, 0.15) is 0 Å². The van der Waals surface area contributed by atoms with Crippen LogP contribution in [0.5, 0.6) is 0 Å². The number of amides is 2. The lowest BCUT2D eigenvalue weighted by atomic mass is 10.2. The van der Waals surface area contributed by atoms with Crippen molar-refractivity contribution in [2.75, 3.05) is 37.4 Å². The van der Waals surface area contributed by atoms with E-state index in [0.29, 0.717) is 11.4 Å². The first-order valence-electron chi connectivity index (χ1n) is 6.18. The van der Waals surface area contributed by atoms with E-state index in [1.165, 1.54) is 0 Å². The van der Waals surface area contributed by atoms with Gasteiger partial charge in [0.05, 0.1) is 31.2 Å². The predicted molar refractivity (Wildman–Crippen MR) is 75.1 cm³/mol. The lowest BCUT2D eigenvalue weighted by molar-refractivity contribution is -0.136. The maximum Gasteiger partial charge on any atom is 0.313 e. The second-order valence-electron chi connectivity index (χ2n) is 4.14. The number of anilines is 2. The third kappa shape index (κ3) is 5.25. The number of aliphatic hydroxyl groups excluding tert-OH is 1. The molecule has 5 N–H and O–H groups in total. The van der Waals surface area contributed by atoms with E-state index in [1.54, 1.807) is 18.2 Å². The number of carbonyl (C=O) groups is 2. The normalized spacial score (nSPS) is 10.1. The van der Waals surface area contributed by atoms with E-state index in [9.17, 15) is 9.59 Å². The van der Waals surface area contributed by atoms with Crippen molar-refractivity contribution in [3.63, 3.8) is 0 Å². The maximum atomic E-state index is 11.6. The summed E-state index contributed by atoms with van der Waals surface area (Å²) in [7, 11) is 0. The molecular formula is C13H19N3O4. The van der Waals surface area contributed by atoms with E-state index in [4.69, 9.17) is 15.6 Å². The van der Waals surface area contributed by atoms with Crippen molar-refractivity contribution in [3.8, 4) is 0 Å². The van der Waals surface area contributed by atoms with Crippen LogP contribution < -0.4 is 16.4 Å². The molecule has 0 radical (unpaired) electrons. The Bertz CT molecular complexity index is 477. The van der Waals surface area contributed by atoms with E-state index in [-0.39, 0.29) is 26.4 Å². The Hall–Kier alpha value is -2.12. The van der Waals surface area contributed by atoms with Crippen molar-refractivity contribution < 1.29 is 19.4 Å². The van der Waals surface area contributed by atoms with Crippen molar-refractivity contribution in [1.29, 1.82) is 0 Å². The van der Waals surface area contributed by atoms with E-state index < -0.39 is 11.8 Å². The molecule has 0 heterocycles. The van der Waals surface area contributed by atoms with Gasteiger partial charge in [0.25, 0.3) is 0 Å². The Morgan fingerprint density at radius 1 is 1.30 bits per heavy atom. The van der Waals surface area contributed by atoms with Gasteiger partial charge in [-0.3, -0.25) is 9.59 Å². The lowest BCUT2D eigenvalue weighted by Gasteiger charge is -2.09. The highest BCUT2D eigenvalue weighted by molar-refractivity contribution is 6.39. The summed E-state index contributed by atoms with van der Waals surface area (Å²) in [4.78, 5) is 23.1. The van der Waals surface area contributed by atoms with E-state index in [1.807, 2.05) is 6.92 Å². The minimum atomic E-state index is -0.789. The fourth-order valence-corrected chi connectivity index (χ4v) is 1.46. The highest BCUT2D eigenvalue weighted by atomic mass is 16.5. The Labute approximate surface area is 117 Å². The summed E-state index contributed by atoms with van der Waals surface area (Å²) in [5.41, 5.74) is 7.49. The molecule has 0 saturated carbocycles. The van der Waals surface area contributed by atoms with Crippen molar-refractivity contribution in [1.82, 2.24) is 5.32 Å². The van der Waals surface area contributed by atoms with Crippen LogP contribution in [0.2, 0.25) is 0 Å². The number of aliphatic hydroxyl groups is 1. The van der Waals surface area contributed by atoms with Crippen LogP contribution in [0.15, 0.2) is 18.2 Å². The molecule has 20 heavy (non-hydrogen) atoms. The van der Waals surface area contributed by atoms with Crippen LogP contribution in [0.25, 0.3) is 0 Å². The molecule has 7 heteroatoms. The number of benzene rings is 1. The topological polar surface area (TPSA) is 114 Å². The van der Waals surface area contributed by atoms with E-state index in [2.05, 4.69) is 10.6 Å². The molecule has 0 saturated heterocycles. The van der Waals surface area contributed by atoms with E-state index in [0.717, 1.165) is 5.56 Å². The van der Waals surface area contributed by atoms with Gasteiger partial charge in [-0.25, -0.2) is 0 Å². The first-order valence-corrected chi connectivity index (χ1v) is 6.18. The van der Waals surface area contributed by atoms with Crippen LogP contribution in [-0.4, -0.2) is 43.3 Å². The molecule has 0 aliphatic heterocycles. The summed E-state index contributed by atoms with van der Waals surface area (Å²) >= 11 is 0. The standard InChI is InChI=1S/C13H19N3O4/c1-9-2-3-11(10(14)8-9)16-13(19)12(18)15-4-6-20-7-5-17/h2-3,8,17H,4-7,14H2,1H3,(H,15,18)(H,16,19). The fourth-order valence-electron chi connectivity index (χ4n) is 1.46. The van der Waals surface area contributed by atoms with Gasteiger partial charge in [-0.05, 0) is 24.6 Å². The number of hydrogen-bond acceptors (Lipinski definition) is 5. The molecule has 0 spiro atoms. The van der Waals surface area contributed by atoms with Crippen LogP contribution in [-0.2, 0) is 14.3 Å². The first kappa shape index (κ1) is 15.9. The van der Waals surface area contributed by atoms with Crippen molar-refractivity contribution in [2.24, 2.45) is 0 Å². The minimum absolute atomic E-state index is 0.0822. The molecule has 0 fully saturated rings. The molecule has 7 nitrogen and oxygen atoms in total. The largest absolute Gasteiger partial charge is 0.397 e. The van der Waals surface area contributed by atoms with Gasteiger partial charge in [-0.15, -0.1) is 0 Å². The molecule has 0 aliphatic carbocycles. The third-order valence-electron chi connectivity index (χ3n) is 2.43. The summed E-state index contributed by atoms with van der Waals surface area (Å²) in [5.74, 6) is -1.56. The van der Waals surface area contributed by atoms with Crippen LogP contribution >= 0.6 is 0 Å². The summed E-state index contributed by atoms with van der Waals surface area (Å²) in [6.45, 7) is 2.41. The highest BCUT2D eigenvalue weighted by Crippen LogP contribution is 2.19. The Kier molecular flexibility index (Phi) is 6.48. The van der Waals surface area contributed by atoms with Gasteiger partial charge >= 0.3 is 11.8 Å². The molecule has 110 valence electrons. The summed E-state index contributed by atoms with van der Waals surface area (Å²) in [6, 6.07) is 5.13. The molecule has 0 aromatic heterocycles. The molecular weight excluding hydrogens is 262 g/mol. The zero-order valence-corrected chi connectivity index (χ0v) is 11.3.